The number of likely N-dealkylation sites (tertiary alicyclic amines) is 1. The third-order valence-electron chi connectivity index (χ3n) is 8.60. The van der Waals surface area contributed by atoms with Crippen LogP contribution in [0, 0.1) is 11.8 Å². The van der Waals surface area contributed by atoms with Gasteiger partial charge >= 0.3 is 0 Å². The van der Waals surface area contributed by atoms with Crippen molar-refractivity contribution in [3.05, 3.63) is 71.8 Å². The molecule has 3 aliphatic heterocycles. The summed E-state index contributed by atoms with van der Waals surface area (Å²) >= 11 is 0. The van der Waals surface area contributed by atoms with Gasteiger partial charge in [0.2, 0.25) is 17.7 Å². The minimum atomic E-state index is -1.07. The zero-order chi connectivity index (χ0) is 27.4. The van der Waals surface area contributed by atoms with E-state index in [0.29, 0.717) is 32.4 Å². The number of hydrogen-bond donors (Lipinski definition) is 3. The van der Waals surface area contributed by atoms with E-state index >= 15 is 0 Å². The number of rotatable bonds is 12. The van der Waals surface area contributed by atoms with Gasteiger partial charge in [-0.1, -0.05) is 80.4 Å². The Labute approximate surface area is 230 Å². The highest BCUT2D eigenvalue weighted by atomic mass is 16.5. The number of amides is 3. The van der Waals surface area contributed by atoms with Gasteiger partial charge in [0.1, 0.15) is 11.6 Å². The van der Waals surface area contributed by atoms with Crippen LogP contribution in [0.1, 0.15) is 50.2 Å². The van der Waals surface area contributed by atoms with Crippen LogP contribution < -0.4 is 10.6 Å². The molecule has 0 radical (unpaired) electrons. The van der Waals surface area contributed by atoms with Gasteiger partial charge in [0.15, 0.2) is 0 Å². The minimum Gasteiger partial charge on any atom is -0.394 e. The molecule has 0 saturated carbocycles. The van der Waals surface area contributed by atoms with E-state index in [2.05, 4.69) is 17.6 Å². The fourth-order valence-corrected chi connectivity index (χ4v) is 6.81. The van der Waals surface area contributed by atoms with Crippen molar-refractivity contribution in [3.63, 3.8) is 0 Å². The van der Waals surface area contributed by atoms with E-state index in [1.807, 2.05) is 60.7 Å². The van der Waals surface area contributed by atoms with Gasteiger partial charge in [0, 0.05) is 13.1 Å². The zero-order valence-electron chi connectivity index (χ0n) is 22.6. The maximum atomic E-state index is 14.2. The summed E-state index contributed by atoms with van der Waals surface area (Å²) in [6.07, 6.45) is 4.02. The lowest BCUT2D eigenvalue weighted by molar-refractivity contribution is -0.145. The Kier molecular flexibility index (Phi) is 8.33. The molecule has 3 aliphatic rings. The number of nitrogens with zero attached hydrogens (tertiary/aromatic N) is 1. The number of benzene rings is 2. The van der Waals surface area contributed by atoms with E-state index in [1.54, 1.807) is 4.90 Å². The summed E-state index contributed by atoms with van der Waals surface area (Å²) in [7, 11) is 0. The molecule has 3 heterocycles. The molecule has 0 aliphatic carbocycles. The second kappa shape index (κ2) is 11.9. The zero-order valence-corrected chi connectivity index (χ0v) is 22.6. The van der Waals surface area contributed by atoms with Crippen molar-refractivity contribution in [3.8, 4) is 0 Å². The Bertz CT molecular complexity index is 1160. The first-order valence-corrected chi connectivity index (χ1v) is 14.2. The van der Waals surface area contributed by atoms with E-state index in [1.165, 1.54) is 0 Å². The Morgan fingerprint density at radius 2 is 1.72 bits per heavy atom. The van der Waals surface area contributed by atoms with E-state index in [-0.39, 0.29) is 24.3 Å². The van der Waals surface area contributed by atoms with Gasteiger partial charge in [-0.05, 0) is 36.8 Å². The molecule has 3 fully saturated rings. The molecule has 1 spiro atoms. The normalized spacial score (nSPS) is 27.8. The third kappa shape index (κ3) is 5.20. The van der Waals surface area contributed by atoms with Gasteiger partial charge in [-0.3, -0.25) is 14.4 Å². The first-order chi connectivity index (χ1) is 19.0. The van der Waals surface area contributed by atoms with Crippen LogP contribution in [0.4, 0.5) is 0 Å². The summed E-state index contributed by atoms with van der Waals surface area (Å²) in [4.78, 5) is 43.1. The maximum Gasteiger partial charge on any atom is 0.245 e. The lowest BCUT2D eigenvalue weighted by atomic mass is 9.70. The SMILES string of the molecule is CCCCCNC(=O)C1N([C@@H](CO)Cc2ccccc2)C(=O)[C@@H]2[C@@H](C(=O)NCc3ccccc3)[C@H]3CCC12O3. The number of aliphatic hydroxyl groups excluding tert-OH is 1. The van der Waals surface area contributed by atoms with Gasteiger partial charge < -0.3 is 25.4 Å². The first kappa shape index (κ1) is 27.3. The smallest absolute Gasteiger partial charge is 0.245 e. The van der Waals surface area contributed by atoms with Crippen molar-refractivity contribution in [2.75, 3.05) is 13.2 Å². The topological polar surface area (TPSA) is 108 Å². The molecule has 2 aromatic rings. The maximum absolute atomic E-state index is 14.2. The molecule has 2 unspecified atom stereocenters. The number of unbranched alkanes of at least 4 members (excludes halogenated alkanes) is 2. The monoisotopic (exact) mass is 533 g/mol. The fraction of sp³-hybridized carbons (Fsp3) is 0.516. The van der Waals surface area contributed by atoms with Crippen LogP contribution in [0.2, 0.25) is 0 Å². The second-order valence-electron chi connectivity index (χ2n) is 11.0. The van der Waals surface area contributed by atoms with Crippen LogP contribution in [0.5, 0.6) is 0 Å². The standard InChI is InChI=1S/C31H39N3O5/c1-2-3-10-17-32-29(37)27-31-16-15-24(39-31)25(28(36)33-19-22-13-8-5-9-14-22)26(31)30(38)34(27)23(20-35)18-21-11-6-4-7-12-21/h4-9,11-14,23-27,35H,2-3,10,15-20H2,1H3,(H,32,37)(H,33,36)/t23-,24-,25+,26+,27?,31?/m1/s1. The quantitative estimate of drug-likeness (QED) is 0.364. The van der Waals surface area contributed by atoms with E-state index in [4.69, 9.17) is 4.74 Å². The number of aliphatic hydroxyl groups is 1. The van der Waals surface area contributed by atoms with Crippen LogP contribution in [0.25, 0.3) is 0 Å². The predicted octanol–water partition coefficient (Wildman–Crippen LogP) is 2.59. The molecule has 8 nitrogen and oxygen atoms in total. The lowest BCUT2D eigenvalue weighted by Crippen LogP contribution is -2.58. The highest BCUT2D eigenvalue weighted by Gasteiger charge is 2.75. The van der Waals surface area contributed by atoms with Gasteiger partial charge in [-0.15, -0.1) is 0 Å². The molecule has 2 aromatic carbocycles. The van der Waals surface area contributed by atoms with E-state index in [0.717, 1.165) is 30.4 Å². The molecule has 3 amide bonds. The highest BCUT2D eigenvalue weighted by Crippen LogP contribution is 2.58. The number of ether oxygens (including phenoxy) is 1. The summed E-state index contributed by atoms with van der Waals surface area (Å²) in [6, 6.07) is 17.8. The number of hydrogen-bond acceptors (Lipinski definition) is 5. The molecular weight excluding hydrogens is 494 g/mol. The van der Waals surface area contributed by atoms with Crippen LogP contribution in [-0.2, 0) is 32.1 Å². The van der Waals surface area contributed by atoms with Gasteiger partial charge in [0.25, 0.3) is 0 Å². The number of nitrogens with one attached hydrogen (secondary N) is 2. The highest BCUT2D eigenvalue weighted by molar-refractivity contribution is 5.99. The fourth-order valence-electron chi connectivity index (χ4n) is 6.81. The van der Waals surface area contributed by atoms with Crippen LogP contribution >= 0.6 is 0 Å². The van der Waals surface area contributed by atoms with Crippen LogP contribution in [0.15, 0.2) is 60.7 Å². The molecule has 5 rings (SSSR count). The Morgan fingerprint density at radius 3 is 2.38 bits per heavy atom. The average molecular weight is 534 g/mol. The van der Waals surface area contributed by atoms with Crippen LogP contribution in [0.3, 0.4) is 0 Å². The van der Waals surface area contributed by atoms with Crippen molar-refractivity contribution in [2.45, 2.75) is 75.8 Å². The molecule has 2 bridgehead atoms. The lowest BCUT2D eigenvalue weighted by Gasteiger charge is -2.36. The van der Waals surface area contributed by atoms with Gasteiger partial charge in [-0.25, -0.2) is 0 Å². The Balaban J connectivity index is 1.43. The Morgan fingerprint density at radius 1 is 1.03 bits per heavy atom. The van der Waals surface area contributed by atoms with Crippen molar-refractivity contribution < 1.29 is 24.2 Å². The van der Waals surface area contributed by atoms with Crippen molar-refractivity contribution in [1.29, 1.82) is 0 Å². The Hall–Kier alpha value is -3.23. The summed E-state index contributed by atoms with van der Waals surface area (Å²) in [6.45, 7) is 2.68. The van der Waals surface area contributed by atoms with Gasteiger partial charge in [-0.2, -0.15) is 0 Å². The average Bonchev–Trinajstić information content (AvgIpc) is 3.61. The van der Waals surface area contributed by atoms with Gasteiger partial charge in [0.05, 0.1) is 30.6 Å². The number of fused-ring (bicyclic) bond motifs is 1. The van der Waals surface area contributed by atoms with Crippen molar-refractivity contribution >= 4 is 17.7 Å². The van der Waals surface area contributed by atoms with Crippen molar-refractivity contribution in [1.82, 2.24) is 15.5 Å². The van der Waals surface area contributed by atoms with Crippen LogP contribution in [-0.4, -0.2) is 64.7 Å². The second-order valence-corrected chi connectivity index (χ2v) is 11.0. The summed E-state index contributed by atoms with van der Waals surface area (Å²) in [5, 5.41) is 16.5. The summed E-state index contributed by atoms with van der Waals surface area (Å²) in [5.41, 5.74) is 0.857. The third-order valence-corrected chi connectivity index (χ3v) is 8.60. The molecule has 8 heteroatoms. The largest absolute Gasteiger partial charge is 0.394 e. The predicted molar refractivity (Wildman–Crippen MR) is 146 cm³/mol. The molecule has 3 N–H and O–H groups in total. The van der Waals surface area contributed by atoms with E-state index < -0.39 is 35.6 Å². The molecule has 3 saturated heterocycles. The molecule has 0 aromatic heterocycles. The molecule has 208 valence electrons. The number of carbonyl (C=O) groups is 3. The summed E-state index contributed by atoms with van der Waals surface area (Å²) < 4.78 is 6.51. The van der Waals surface area contributed by atoms with Crippen molar-refractivity contribution in [2.24, 2.45) is 11.8 Å². The first-order valence-electron chi connectivity index (χ1n) is 14.2. The molecule has 39 heavy (non-hydrogen) atoms. The molecule has 6 atom stereocenters. The summed E-state index contributed by atoms with van der Waals surface area (Å²) in [5.74, 6) is -2.20. The number of carbonyl (C=O) groups excluding carboxylic acids is 3. The minimum absolute atomic E-state index is 0.226. The van der Waals surface area contributed by atoms with E-state index in [9.17, 15) is 19.5 Å². The molecular formula is C31H39N3O5.